The summed E-state index contributed by atoms with van der Waals surface area (Å²) in [5.41, 5.74) is -5.24. The van der Waals surface area contributed by atoms with Gasteiger partial charge in [0.15, 0.2) is 0 Å². The predicted molar refractivity (Wildman–Crippen MR) is 106 cm³/mol. The second-order valence-electron chi connectivity index (χ2n) is 4.58. The molecule has 0 heterocycles. The van der Waals surface area contributed by atoms with Gasteiger partial charge in [0.1, 0.15) is 0 Å². The van der Waals surface area contributed by atoms with Crippen LogP contribution in [0.15, 0.2) is 30.3 Å². The van der Waals surface area contributed by atoms with Crippen LogP contribution in [-0.4, -0.2) is 29.2 Å². The summed E-state index contributed by atoms with van der Waals surface area (Å²) in [7, 11) is -5.84. The van der Waals surface area contributed by atoms with Crippen molar-refractivity contribution >= 4 is 10.1 Å². The van der Waals surface area contributed by atoms with Crippen molar-refractivity contribution in [3.63, 3.8) is 0 Å². The Labute approximate surface area is 162 Å². The average Bonchev–Trinajstić information content (AvgIpc) is 2.59. The van der Waals surface area contributed by atoms with Crippen LogP contribution in [0.3, 0.4) is 0 Å². The summed E-state index contributed by atoms with van der Waals surface area (Å²) in [6, 6.07) is 9.78. The quantitative estimate of drug-likeness (QED) is 0.353. The lowest BCUT2D eigenvalue weighted by molar-refractivity contribution is -0.0510. The normalized spacial score (nSPS) is 9.81. The lowest BCUT2D eigenvalue weighted by Crippen LogP contribution is -2.21. The fourth-order valence-electron chi connectivity index (χ4n) is 0.884. The number of rotatable bonds is 1. The SMILES string of the molecule is CC.CC.CC.CC(C)(O)CC#Cc1ccccc1.O=S(=O)(O)C(F)(F)F. The summed E-state index contributed by atoms with van der Waals surface area (Å²) in [6.07, 6.45) is 0.502. The zero-order valence-corrected chi connectivity index (χ0v) is 18.2. The molecule has 0 fully saturated rings. The molecule has 0 saturated heterocycles. The van der Waals surface area contributed by atoms with Crippen LogP contribution in [0, 0.1) is 11.8 Å². The van der Waals surface area contributed by atoms with Crippen molar-refractivity contribution < 1.29 is 31.2 Å². The molecule has 0 aliphatic rings. The molecule has 8 heteroatoms. The standard InChI is InChI=1S/C12H14O.3C2H6.CHF3O3S/c1-12(2,13)10-6-9-11-7-4-3-5-8-11;3*1-2;2-1(3,4)8(5,6)7/h3-5,7-8,13H,10H2,1-2H3;3*1-2H3;(H,5,6,7). The molecule has 1 aromatic carbocycles. The van der Waals surface area contributed by atoms with Gasteiger partial charge in [0.2, 0.25) is 0 Å². The monoisotopic (exact) mass is 414 g/mol. The van der Waals surface area contributed by atoms with Gasteiger partial charge in [-0.25, -0.2) is 0 Å². The van der Waals surface area contributed by atoms with E-state index in [-0.39, 0.29) is 0 Å². The fourth-order valence-corrected chi connectivity index (χ4v) is 0.884. The van der Waals surface area contributed by atoms with Gasteiger partial charge in [-0.05, 0) is 26.0 Å². The predicted octanol–water partition coefficient (Wildman–Crippen LogP) is 5.67. The minimum Gasteiger partial charge on any atom is -0.389 e. The van der Waals surface area contributed by atoms with Gasteiger partial charge in [-0.1, -0.05) is 71.6 Å². The smallest absolute Gasteiger partial charge is 0.389 e. The Bertz CT molecular complexity index is 594. The molecule has 0 aliphatic carbocycles. The molecule has 0 radical (unpaired) electrons. The first-order valence-electron chi connectivity index (χ1n) is 8.63. The molecule has 0 bridgehead atoms. The van der Waals surface area contributed by atoms with Gasteiger partial charge in [-0.3, -0.25) is 4.55 Å². The third-order valence-electron chi connectivity index (χ3n) is 1.82. The van der Waals surface area contributed by atoms with E-state index < -0.39 is 21.2 Å². The summed E-state index contributed by atoms with van der Waals surface area (Å²) in [6.45, 7) is 15.5. The van der Waals surface area contributed by atoms with E-state index in [0.29, 0.717) is 6.42 Å². The van der Waals surface area contributed by atoms with Crippen LogP contribution in [-0.2, 0) is 10.1 Å². The lowest BCUT2D eigenvalue weighted by Gasteiger charge is -2.11. The maximum absolute atomic E-state index is 10.7. The van der Waals surface area contributed by atoms with Crippen molar-refractivity contribution in [2.75, 3.05) is 0 Å². The Balaban J connectivity index is -0.000000163. The molecule has 1 rings (SSSR count). The lowest BCUT2D eigenvalue weighted by atomic mass is 10.1. The van der Waals surface area contributed by atoms with E-state index in [1.54, 1.807) is 13.8 Å². The summed E-state index contributed by atoms with van der Waals surface area (Å²) in [4.78, 5) is 0. The van der Waals surface area contributed by atoms with Crippen molar-refractivity contribution in [2.24, 2.45) is 0 Å². The largest absolute Gasteiger partial charge is 0.522 e. The van der Waals surface area contributed by atoms with E-state index in [1.807, 2.05) is 71.9 Å². The maximum Gasteiger partial charge on any atom is 0.522 e. The van der Waals surface area contributed by atoms with Crippen LogP contribution in [0.25, 0.3) is 0 Å². The zero-order chi connectivity index (χ0) is 22.7. The Morgan fingerprint density at radius 1 is 0.926 bits per heavy atom. The molecular formula is C19H33F3O4S. The molecule has 0 spiro atoms. The van der Waals surface area contributed by atoms with E-state index in [4.69, 9.17) is 13.0 Å². The van der Waals surface area contributed by atoms with Crippen LogP contribution < -0.4 is 0 Å². The van der Waals surface area contributed by atoms with Gasteiger partial charge in [0.05, 0.1) is 5.60 Å². The Kier molecular flexibility index (Phi) is 21.8. The van der Waals surface area contributed by atoms with E-state index in [1.165, 1.54) is 0 Å². The van der Waals surface area contributed by atoms with Crippen molar-refractivity contribution in [3.05, 3.63) is 35.9 Å². The van der Waals surface area contributed by atoms with E-state index in [0.717, 1.165) is 5.56 Å². The van der Waals surface area contributed by atoms with Crippen molar-refractivity contribution in [3.8, 4) is 11.8 Å². The van der Waals surface area contributed by atoms with Gasteiger partial charge < -0.3 is 5.11 Å². The van der Waals surface area contributed by atoms with Gasteiger partial charge in [-0.2, -0.15) is 21.6 Å². The van der Waals surface area contributed by atoms with Crippen LogP contribution >= 0.6 is 0 Å². The highest BCUT2D eigenvalue weighted by atomic mass is 32.2. The number of aliphatic hydroxyl groups is 1. The van der Waals surface area contributed by atoms with Gasteiger partial charge in [0, 0.05) is 12.0 Å². The topological polar surface area (TPSA) is 74.6 Å². The molecular weight excluding hydrogens is 381 g/mol. The Morgan fingerprint density at radius 3 is 1.52 bits per heavy atom. The highest BCUT2D eigenvalue weighted by Crippen LogP contribution is 2.20. The van der Waals surface area contributed by atoms with E-state index in [9.17, 15) is 18.3 Å². The highest BCUT2D eigenvalue weighted by Gasteiger charge is 2.44. The number of hydrogen-bond donors (Lipinski definition) is 2. The third kappa shape index (κ3) is 24.4. The first kappa shape index (κ1) is 33.1. The second-order valence-corrected chi connectivity index (χ2v) is 5.99. The van der Waals surface area contributed by atoms with Gasteiger partial charge in [-0.15, -0.1) is 0 Å². The Morgan fingerprint density at radius 2 is 1.26 bits per heavy atom. The molecule has 0 aliphatic heterocycles. The first-order valence-corrected chi connectivity index (χ1v) is 10.1. The van der Waals surface area contributed by atoms with E-state index in [2.05, 4.69) is 11.8 Å². The van der Waals surface area contributed by atoms with Gasteiger partial charge >= 0.3 is 15.6 Å². The first-order chi connectivity index (χ1) is 12.3. The maximum atomic E-state index is 10.7. The third-order valence-corrected chi connectivity index (χ3v) is 2.40. The van der Waals surface area contributed by atoms with Crippen molar-refractivity contribution in [1.82, 2.24) is 0 Å². The van der Waals surface area contributed by atoms with Crippen LogP contribution in [0.1, 0.15) is 67.4 Å². The number of hydrogen-bond acceptors (Lipinski definition) is 3. The summed E-state index contributed by atoms with van der Waals surface area (Å²) in [5, 5.41) is 9.39. The van der Waals surface area contributed by atoms with Crippen molar-refractivity contribution in [2.45, 2.75) is 72.9 Å². The molecule has 4 nitrogen and oxygen atoms in total. The molecule has 0 atom stereocenters. The van der Waals surface area contributed by atoms with Crippen LogP contribution in [0.2, 0.25) is 0 Å². The molecule has 0 saturated carbocycles. The average molecular weight is 415 g/mol. The summed E-state index contributed by atoms with van der Waals surface area (Å²) in [5.74, 6) is 5.93. The molecule has 0 aromatic heterocycles. The number of halogens is 3. The zero-order valence-electron chi connectivity index (χ0n) is 17.3. The van der Waals surface area contributed by atoms with Crippen LogP contribution in [0.5, 0.6) is 0 Å². The van der Waals surface area contributed by atoms with E-state index >= 15 is 0 Å². The summed E-state index contributed by atoms with van der Waals surface area (Å²) < 4.78 is 57.5. The Hall–Kier alpha value is -1.56. The van der Waals surface area contributed by atoms with Crippen molar-refractivity contribution in [1.29, 1.82) is 0 Å². The molecule has 1 aromatic rings. The molecule has 160 valence electrons. The highest BCUT2D eigenvalue weighted by molar-refractivity contribution is 7.86. The minimum absolute atomic E-state index is 0.502. The van der Waals surface area contributed by atoms with Crippen LogP contribution in [0.4, 0.5) is 13.2 Å². The minimum atomic E-state index is -5.84. The number of alkyl halides is 3. The number of benzene rings is 1. The second kappa shape index (κ2) is 17.8. The van der Waals surface area contributed by atoms with Gasteiger partial charge in [0.25, 0.3) is 0 Å². The molecule has 0 unspecified atom stereocenters. The molecule has 2 N–H and O–H groups in total. The molecule has 0 amide bonds. The molecule has 27 heavy (non-hydrogen) atoms. The fraction of sp³-hybridized carbons (Fsp3) is 0.579. The summed E-state index contributed by atoms with van der Waals surface area (Å²) >= 11 is 0.